The van der Waals surface area contributed by atoms with Crippen LogP contribution in [0.1, 0.15) is 41.1 Å². The van der Waals surface area contributed by atoms with Gasteiger partial charge in [0.2, 0.25) is 10.0 Å². The monoisotopic (exact) mass is 454 g/mol. The van der Waals surface area contributed by atoms with E-state index < -0.39 is 16.1 Å². The second-order valence-electron chi connectivity index (χ2n) is 8.78. The molecular formula is C23H26N4O4S. The lowest BCUT2D eigenvalue weighted by Gasteiger charge is -2.32. The smallest absolute Gasteiger partial charge is 0.407 e. The maximum absolute atomic E-state index is 12.2. The third kappa shape index (κ3) is 3.55. The number of carboxylic acid groups (broad SMARTS) is 1. The van der Waals surface area contributed by atoms with Gasteiger partial charge in [-0.15, -0.1) is 0 Å². The Kier molecular flexibility index (Phi) is 4.98. The Labute approximate surface area is 186 Å². The van der Waals surface area contributed by atoms with Crippen molar-refractivity contribution in [1.29, 1.82) is 0 Å². The van der Waals surface area contributed by atoms with Crippen LogP contribution < -0.4 is 0 Å². The quantitative estimate of drug-likeness (QED) is 0.628. The predicted octanol–water partition coefficient (Wildman–Crippen LogP) is 3.67. The highest BCUT2D eigenvalue weighted by molar-refractivity contribution is 7.88. The molecule has 4 heterocycles. The first-order valence-corrected chi connectivity index (χ1v) is 12.6. The number of nitrogens with one attached hydrogen (secondary N) is 1. The van der Waals surface area contributed by atoms with Crippen LogP contribution >= 0.6 is 0 Å². The molecule has 1 saturated heterocycles. The third-order valence-electron chi connectivity index (χ3n) is 6.74. The van der Waals surface area contributed by atoms with Crippen molar-refractivity contribution in [3.05, 3.63) is 52.8 Å². The molecule has 0 spiro atoms. The van der Waals surface area contributed by atoms with Crippen LogP contribution in [0.25, 0.3) is 22.2 Å². The summed E-state index contributed by atoms with van der Waals surface area (Å²) in [6, 6.07) is 5.99. The zero-order chi connectivity index (χ0) is 22.6. The van der Waals surface area contributed by atoms with Crippen molar-refractivity contribution in [2.45, 2.75) is 38.8 Å². The van der Waals surface area contributed by atoms with Crippen LogP contribution in [0.2, 0.25) is 0 Å². The molecule has 5 rings (SSSR count). The molecule has 9 heteroatoms. The van der Waals surface area contributed by atoms with Crippen LogP contribution in [-0.2, 0) is 23.0 Å². The van der Waals surface area contributed by atoms with E-state index in [0.29, 0.717) is 19.5 Å². The molecule has 0 radical (unpaired) electrons. The number of rotatable bonds is 3. The Hall–Kier alpha value is -2.91. The molecule has 0 unspecified atom stereocenters. The molecule has 3 aromatic rings. The number of hydrogen-bond acceptors (Lipinski definition) is 4. The zero-order valence-electron chi connectivity index (χ0n) is 18.1. The molecule has 0 bridgehead atoms. The van der Waals surface area contributed by atoms with Crippen LogP contribution in [0.3, 0.4) is 0 Å². The van der Waals surface area contributed by atoms with Gasteiger partial charge in [-0.3, -0.25) is 0 Å². The van der Waals surface area contributed by atoms with E-state index in [4.69, 9.17) is 0 Å². The SMILES string of the molecule is Cc1c[nH]c2ncc(-c3cc4c(c([C@@H]5CCCN5C(=O)O)c3)CN(S(C)(=O)=O)CC4)cc12. The number of benzene rings is 1. The van der Waals surface area contributed by atoms with Crippen LogP contribution in [0, 0.1) is 6.92 Å². The van der Waals surface area contributed by atoms with Crippen molar-refractivity contribution in [1.82, 2.24) is 19.2 Å². The number of fused-ring (bicyclic) bond motifs is 2. The van der Waals surface area contributed by atoms with Crippen LogP contribution in [-0.4, -0.2) is 58.1 Å². The maximum atomic E-state index is 12.2. The minimum atomic E-state index is -3.33. The number of H-pyrrole nitrogens is 1. The molecule has 2 aliphatic rings. The van der Waals surface area contributed by atoms with Crippen molar-refractivity contribution in [3.63, 3.8) is 0 Å². The Morgan fingerprint density at radius 3 is 2.78 bits per heavy atom. The summed E-state index contributed by atoms with van der Waals surface area (Å²) in [6.45, 7) is 3.23. The van der Waals surface area contributed by atoms with Gasteiger partial charge in [0.1, 0.15) is 5.65 Å². The summed E-state index contributed by atoms with van der Waals surface area (Å²) < 4.78 is 25.9. The summed E-state index contributed by atoms with van der Waals surface area (Å²) in [5.41, 5.74) is 6.84. The molecule has 1 aromatic carbocycles. The molecule has 2 aromatic heterocycles. The minimum absolute atomic E-state index is 0.272. The number of sulfonamides is 1. The number of pyridine rings is 1. The predicted molar refractivity (Wildman–Crippen MR) is 122 cm³/mol. The zero-order valence-corrected chi connectivity index (χ0v) is 18.9. The van der Waals surface area contributed by atoms with Crippen LogP contribution in [0.15, 0.2) is 30.6 Å². The van der Waals surface area contributed by atoms with Gasteiger partial charge in [-0.2, -0.15) is 4.31 Å². The largest absolute Gasteiger partial charge is 0.465 e. The first kappa shape index (κ1) is 21.0. The van der Waals surface area contributed by atoms with Crippen LogP contribution in [0.5, 0.6) is 0 Å². The van der Waals surface area contributed by atoms with E-state index >= 15 is 0 Å². The van der Waals surface area contributed by atoms with E-state index in [2.05, 4.69) is 22.1 Å². The fraction of sp³-hybridized carbons (Fsp3) is 0.391. The molecule has 2 aliphatic heterocycles. The molecule has 8 nitrogen and oxygen atoms in total. The van der Waals surface area contributed by atoms with Gasteiger partial charge in [-0.05, 0) is 66.1 Å². The third-order valence-corrected chi connectivity index (χ3v) is 7.99. The average molecular weight is 455 g/mol. The van der Waals surface area contributed by atoms with Gasteiger partial charge in [0.05, 0.1) is 12.3 Å². The minimum Gasteiger partial charge on any atom is -0.465 e. The lowest BCUT2D eigenvalue weighted by Crippen LogP contribution is -2.37. The van der Waals surface area contributed by atoms with E-state index in [1.807, 2.05) is 25.4 Å². The lowest BCUT2D eigenvalue weighted by molar-refractivity contribution is 0.140. The average Bonchev–Trinajstić information content (AvgIpc) is 3.39. The number of amides is 1. The van der Waals surface area contributed by atoms with Gasteiger partial charge >= 0.3 is 6.09 Å². The van der Waals surface area contributed by atoms with E-state index in [-0.39, 0.29) is 12.6 Å². The number of carbonyl (C=O) groups is 1. The fourth-order valence-corrected chi connectivity index (χ4v) is 5.82. The van der Waals surface area contributed by atoms with Gasteiger partial charge in [-0.1, -0.05) is 6.07 Å². The Balaban J connectivity index is 1.67. The number of hydrogen-bond donors (Lipinski definition) is 2. The Morgan fingerprint density at radius 2 is 2.03 bits per heavy atom. The van der Waals surface area contributed by atoms with Gasteiger partial charge in [0, 0.05) is 43.0 Å². The number of aromatic nitrogens is 2. The molecular weight excluding hydrogens is 428 g/mol. The molecule has 1 atom stereocenters. The van der Waals surface area contributed by atoms with Crippen molar-refractivity contribution in [2.75, 3.05) is 19.3 Å². The molecule has 0 saturated carbocycles. The Bertz CT molecular complexity index is 1330. The second-order valence-corrected chi connectivity index (χ2v) is 10.8. The molecule has 32 heavy (non-hydrogen) atoms. The van der Waals surface area contributed by atoms with Gasteiger partial charge in [-0.25, -0.2) is 18.2 Å². The summed E-state index contributed by atoms with van der Waals surface area (Å²) in [5.74, 6) is 0. The lowest BCUT2D eigenvalue weighted by atomic mass is 9.87. The number of aromatic amines is 1. The van der Waals surface area contributed by atoms with E-state index in [1.54, 1.807) is 0 Å². The topological polar surface area (TPSA) is 107 Å². The van der Waals surface area contributed by atoms with Gasteiger partial charge in [0.25, 0.3) is 0 Å². The van der Waals surface area contributed by atoms with Crippen LogP contribution in [0.4, 0.5) is 4.79 Å². The number of nitrogens with zero attached hydrogens (tertiary/aromatic N) is 3. The van der Waals surface area contributed by atoms with Crippen molar-refractivity contribution in [2.24, 2.45) is 0 Å². The summed E-state index contributed by atoms with van der Waals surface area (Å²) in [4.78, 5) is 21.1. The fourth-order valence-electron chi connectivity index (χ4n) is 5.03. The first-order chi connectivity index (χ1) is 15.2. The van der Waals surface area contributed by atoms with Crippen molar-refractivity contribution >= 4 is 27.1 Å². The van der Waals surface area contributed by atoms with Gasteiger partial charge < -0.3 is 15.0 Å². The number of likely N-dealkylation sites (tertiary alicyclic amines) is 1. The van der Waals surface area contributed by atoms with E-state index in [9.17, 15) is 18.3 Å². The standard InChI is InChI=1S/C23H26N4O4S/c1-14-11-24-22-18(14)10-17(12-25-22)16-8-15-5-7-26(32(2,30)31)13-20(15)19(9-16)21-4-3-6-27(21)23(28)29/h8-12,21H,3-7,13H2,1-2H3,(H,24,25)(H,28,29)/t21-/m0/s1. The molecule has 1 amide bonds. The molecule has 0 aliphatic carbocycles. The second kappa shape index (κ2) is 7.60. The number of aryl methyl sites for hydroxylation is 1. The summed E-state index contributed by atoms with van der Waals surface area (Å²) in [6.07, 6.45) is 6.18. The highest BCUT2D eigenvalue weighted by Crippen LogP contribution is 2.40. The molecule has 2 N–H and O–H groups in total. The summed E-state index contributed by atoms with van der Waals surface area (Å²) in [5, 5.41) is 10.8. The summed E-state index contributed by atoms with van der Waals surface area (Å²) >= 11 is 0. The maximum Gasteiger partial charge on any atom is 0.407 e. The molecule has 168 valence electrons. The molecule has 1 fully saturated rings. The van der Waals surface area contributed by atoms with Crippen molar-refractivity contribution in [3.8, 4) is 11.1 Å². The Morgan fingerprint density at radius 1 is 1.22 bits per heavy atom. The van der Waals surface area contributed by atoms with E-state index in [0.717, 1.165) is 57.3 Å². The first-order valence-electron chi connectivity index (χ1n) is 10.8. The van der Waals surface area contributed by atoms with Gasteiger partial charge in [0.15, 0.2) is 0 Å². The highest BCUT2D eigenvalue weighted by Gasteiger charge is 2.34. The highest BCUT2D eigenvalue weighted by atomic mass is 32.2. The van der Waals surface area contributed by atoms with E-state index in [1.165, 1.54) is 15.5 Å². The van der Waals surface area contributed by atoms with Crippen molar-refractivity contribution < 1.29 is 18.3 Å². The summed E-state index contributed by atoms with van der Waals surface area (Å²) in [7, 11) is -3.33. The normalized spacial score (nSPS) is 19.4.